The number of nitrogens with zero attached hydrogens (tertiary/aromatic N) is 1. The van der Waals surface area contributed by atoms with Crippen LogP contribution in [-0.2, 0) is 33.3 Å². The number of alkyl carbamates (subject to hydrolysis) is 1. The number of piperidine rings is 1. The quantitative estimate of drug-likeness (QED) is 0.132. The summed E-state index contributed by atoms with van der Waals surface area (Å²) in [5, 5.41) is 18.3. The van der Waals surface area contributed by atoms with Gasteiger partial charge in [0.15, 0.2) is 12.8 Å². The van der Waals surface area contributed by atoms with E-state index in [1.165, 1.54) is 6.07 Å². The van der Waals surface area contributed by atoms with Gasteiger partial charge in [0.2, 0.25) is 11.8 Å². The van der Waals surface area contributed by atoms with Gasteiger partial charge in [0.05, 0.1) is 32.0 Å². The highest BCUT2D eigenvalue weighted by molar-refractivity contribution is 6.07. The molecule has 2 heterocycles. The van der Waals surface area contributed by atoms with E-state index in [1.807, 2.05) is 0 Å². The van der Waals surface area contributed by atoms with E-state index >= 15 is 0 Å². The van der Waals surface area contributed by atoms with E-state index in [2.05, 4.69) is 16.0 Å². The molecule has 0 saturated carbocycles. The maximum Gasteiger partial charge on any atom is 0.407 e. The Hall–Kier alpha value is -3.79. The molecule has 4 N–H and O–H groups in total. The van der Waals surface area contributed by atoms with Crippen molar-refractivity contribution in [3.63, 3.8) is 0 Å². The third-order valence-electron chi connectivity index (χ3n) is 6.62. The molecule has 2 aliphatic heterocycles. The normalized spacial score (nSPS) is 18.0. The summed E-state index contributed by atoms with van der Waals surface area (Å²) >= 11 is 0. The first-order valence-corrected chi connectivity index (χ1v) is 15.0. The first kappa shape index (κ1) is 35.7. The number of ether oxygens (including phenoxy) is 5. The molecule has 1 saturated heterocycles. The molecule has 15 nitrogen and oxygen atoms in total. The van der Waals surface area contributed by atoms with Crippen molar-refractivity contribution in [3.8, 4) is 5.75 Å². The molecule has 1 fully saturated rings. The largest absolute Gasteiger partial charge is 0.483 e. The van der Waals surface area contributed by atoms with E-state index in [0.29, 0.717) is 65.6 Å². The predicted octanol–water partition coefficient (Wildman–Crippen LogP) is 0.788. The summed E-state index contributed by atoms with van der Waals surface area (Å²) in [6.07, 6.45) is -0.436. The van der Waals surface area contributed by atoms with Gasteiger partial charge in [-0.05, 0) is 46.1 Å². The second kappa shape index (κ2) is 17.6. The molecule has 0 bridgehead atoms. The second-order valence-corrected chi connectivity index (χ2v) is 11.4. The molecule has 45 heavy (non-hydrogen) atoms. The van der Waals surface area contributed by atoms with Gasteiger partial charge in [0, 0.05) is 38.3 Å². The summed E-state index contributed by atoms with van der Waals surface area (Å²) < 4.78 is 27.1. The number of aliphatic hydroxyl groups excluding tert-OH is 1. The molecule has 5 amide bonds. The Labute approximate surface area is 262 Å². The number of hydrogen-bond acceptors (Lipinski definition) is 11. The molecule has 250 valence electrons. The molecule has 0 aromatic heterocycles. The number of carbonyl (C=O) groups is 5. The zero-order valence-electron chi connectivity index (χ0n) is 26.1. The van der Waals surface area contributed by atoms with Gasteiger partial charge in [0.25, 0.3) is 11.8 Å². The van der Waals surface area contributed by atoms with Crippen molar-refractivity contribution in [1.82, 2.24) is 20.9 Å². The molecular weight excluding hydrogens is 592 g/mol. The number of fused-ring (bicyclic) bond motifs is 1. The summed E-state index contributed by atoms with van der Waals surface area (Å²) in [6.45, 7) is 8.44. The molecule has 0 aliphatic carbocycles. The van der Waals surface area contributed by atoms with E-state index < -0.39 is 47.6 Å². The lowest BCUT2D eigenvalue weighted by Gasteiger charge is -2.31. The second-order valence-electron chi connectivity index (χ2n) is 11.4. The number of nitrogens with one attached hydrogen (secondary N) is 3. The Morgan fingerprint density at radius 1 is 0.956 bits per heavy atom. The fraction of sp³-hybridized carbons (Fsp3) is 0.633. The van der Waals surface area contributed by atoms with Gasteiger partial charge in [0.1, 0.15) is 17.4 Å². The van der Waals surface area contributed by atoms with E-state index in [-0.39, 0.29) is 36.3 Å². The fourth-order valence-electron chi connectivity index (χ4n) is 4.58. The minimum absolute atomic E-state index is 0.0569. The van der Waals surface area contributed by atoms with Crippen molar-refractivity contribution in [2.24, 2.45) is 0 Å². The average molecular weight is 637 g/mol. The van der Waals surface area contributed by atoms with E-state index in [1.54, 1.807) is 32.9 Å². The number of carbonyl (C=O) groups excluding carboxylic acids is 5. The van der Waals surface area contributed by atoms with E-state index in [0.717, 1.165) is 4.90 Å². The minimum Gasteiger partial charge on any atom is -0.483 e. The highest BCUT2D eigenvalue weighted by Crippen LogP contribution is 2.39. The summed E-state index contributed by atoms with van der Waals surface area (Å²) in [4.78, 5) is 61.8. The van der Waals surface area contributed by atoms with E-state index in [4.69, 9.17) is 23.7 Å². The Morgan fingerprint density at radius 2 is 1.58 bits per heavy atom. The smallest absolute Gasteiger partial charge is 0.407 e. The van der Waals surface area contributed by atoms with Crippen LogP contribution in [-0.4, -0.2) is 111 Å². The molecule has 2 unspecified atom stereocenters. The number of rotatable bonds is 18. The lowest BCUT2D eigenvalue weighted by molar-refractivity contribution is -0.139. The van der Waals surface area contributed by atoms with Crippen molar-refractivity contribution in [2.45, 2.75) is 64.3 Å². The summed E-state index contributed by atoms with van der Waals surface area (Å²) in [5.41, 5.74) is -0.179. The van der Waals surface area contributed by atoms with Gasteiger partial charge in [-0.25, -0.2) is 4.79 Å². The molecular formula is C30H44N4O11. The van der Waals surface area contributed by atoms with Gasteiger partial charge >= 0.3 is 6.09 Å². The summed E-state index contributed by atoms with van der Waals surface area (Å²) in [6, 6.07) is 3.65. The average Bonchev–Trinajstić information content (AvgIpc) is 3.22. The minimum atomic E-state index is -1.38. The van der Waals surface area contributed by atoms with Crippen LogP contribution in [0.5, 0.6) is 5.75 Å². The van der Waals surface area contributed by atoms with Crippen molar-refractivity contribution >= 4 is 29.7 Å². The van der Waals surface area contributed by atoms with Crippen molar-refractivity contribution in [2.75, 3.05) is 59.3 Å². The lowest BCUT2D eigenvalue weighted by Crippen LogP contribution is -2.53. The summed E-state index contributed by atoms with van der Waals surface area (Å²) in [7, 11) is 0. The van der Waals surface area contributed by atoms with Crippen LogP contribution in [0, 0.1) is 0 Å². The highest BCUT2D eigenvalue weighted by atomic mass is 16.6. The number of imide groups is 1. The van der Waals surface area contributed by atoms with Crippen LogP contribution in [0.4, 0.5) is 4.79 Å². The number of aliphatic hydroxyl groups is 1. The van der Waals surface area contributed by atoms with Gasteiger partial charge in [-0.15, -0.1) is 0 Å². The lowest BCUT2D eigenvalue weighted by atomic mass is 10.0. The molecule has 2 atom stereocenters. The van der Waals surface area contributed by atoms with Crippen LogP contribution in [0.2, 0.25) is 0 Å². The molecule has 1 aromatic carbocycles. The van der Waals surface area contributed by atoms with E-state index in [9.17, 15) is 29.1 Å². The Morgan fingerprint density at radius 3 is 2.20 bits per heavy atom. The number of hydrogen-bond donors (Lipinski definition) is 4. The van der Waals surface area contributed by atoms with Crippen LogP contribution in [0.15, 0.2) is 18.2 Å². The highest BCUT2D eigenvalue weighted by Gasteiger charge is 2.45. The van der Waals surface area contributed by atoms with Crippen molar-refractivity contribution < 1.29 is 52.8 Å². The van der Waals surface area contributed by atoms with Crippen LogP contribution < -0.4 is 20.7 Å². The topological polar surface area (TPSA) is 191 Å². The standard InChI is InChI=1S/C30H44N4O11/c1-30(2,3)45-29(40)32-12-6-14-42-16-18-43-17-15-41-13-5-11-31-24(36)19-44-22-8-4-7-20-25(22)28(39)34(27(20)38)21-9-10-23(35)33-26(21)37/h4,7-8,21,27,38H,5-6,9-19H2,1-3H3,(H,31,36)(H,32,40)(H,33,35,37). The number of amides is 5. The maximum absolute atomic E-state index is 13.1. The molecule has 0 spiro atoms. The third kappa shape index (κ3) is 11.6. The monoisotopic (exact) mass is 636 g/mol. The summed E-state index contributed by atoms with van der Waals surface area (Å²) in [5.74, 6) is -1.96. The predicted molar refractivity (Wildman–Crippen MR) is 158 cm³/mol. The van der Waals surface area contributed by atoms with Crippen LogP contribution in [0.25, 0.3) is 0 Å². The van der Waals surface area contributed by atoms with Crippen molar-refractivity contribution in [3.05, 3.63) is 29.3 Å². The molecule has 0 radical (unpaired) electrons. The fourth-order valence-corrected chi connectivity index (χ4v) is 4.58. The first-order chi connectivity index (χ1) is 21.5. The Balaban J connectivity index is 1.20. The van der Waals surface area contributed by atoms with Gasteiger partial charge in [-0.2, -0.15) is 0 Å². The van der Waals surface area contributed by atoms with Crippen molar-refractivity contribution in [1.29, 1.82) is 0 Å². The molecule has 1 aromatic rings. The van der Waals surface area contributed by atoms with Crippen LogP contribution in [0.1, 0.15) is 68.6 Å². The molecule has 2 aliphatic rings. The van der Waals surface area contributed by atoms with Crippen LogP contribution in [0.3, 0.4) is 0 Å². The van der Waals surface area contributed by atoms with Gasteiger partial charge in [-0.1, -0.05) is 12.1 Å². The molecule has 3 rings (SSSR count). The Kier molecular flexibility index (Phi) is 14.0. The molecule has 15 heteroatoms. The first-order valence-electron chi connectivity index (χ1n) is 15.0. The van der Waals surface area contributed by atoms with Gasteiger partial charge in [-0.3, -0.25) is 29.4 Å². The SMILES string of the molecule is CC(C)(C)OC(=O)NCCCOCCOCCOCCCNC(=O)COc1cccc2c1C(=O)N(C1CCC(=O)NC1=O)C2O. The van der Waals surface area contributed by atoms with Gasteiger partial charge < -0.3 is 39.4 Å². The number of benzene rings is 1. The maximum atomic E-state index is 13.1. The zero-order valence-corrected chi connectivity index (χ0v) is 26.1. The van der Waals surface area contributed by atoms with Crippen LogP contribution >= 0.6 is 0 Å². The zero-order chi connectivity index (χ0) is 32.8. The Bertz CT molecular complexity index is 1190. The third-order valence-corrected chi connectivity index (χ3v) is 6.62.